The Kier molecular flexibility index (Phi) is 6.26. The van der Waals surface area contributed by atoms with Crippen molar-refractivity contribution in [1.29, 1.82) is 0 Å². The molecule has 1 heterocycles. The van der Waals surface area contributed by atoms with Gasteiger partial charge in [-0.1, -0.05) is 12.1 Å². The van der Waals surface area contributed by atoms with Gasteiger partial charge in [-0.2, -0.15) is 0 Å². The fraction of sp³-hybridized carbons (Fsp3) is 0.273. The molecule has 1 aliphatic heterocycles. The van der Waals surface area contributed by atoms with Crippen LogP contribution in [0.1, 0.15) is 34.8 Å². The first kappa shape index (κ1) is 21.6. The van der Waals surface area contributed by atoms with Gasteiger partial charge in [-0.25, -0.2) is 13.2 Å². The molecule has 1 aliphatic rings. The number of esters is 1. The fourth-order valence-electron chi connectivity index (χ4n) is 3.49. The number of hydrogen-bond acceptors (Lipinski definition) is 6. The van der Waals surface area contributed by atoms with E-state index in [4.69, 9.17) is 4.74 Å². The third-order valence-corrected chi connectivity index (χ3v) is 6.74. The van der Waals surface area contributed by atoms with Crippen LogP contribution >= 0.6 is 0 Å². The Labute approximate surface area is 176 Å². The first-order chi connectivity index (χ1) is 14.3. The lowest BCUT2D eigenvalue weighted by molar-refractivity contribution is -0.134. The van der Waals surface area contributed by atoms with Crippen molar-refractivity contribution in [3.05, 3.63) is 59.2 Å². The average Bonchev–Trinajstić information content (AvgIpc) is 2.76. The minimum absolute atomic E-state index is 0.0408. The highest BCUT2D eigenvalue weighted by atomic mass is 32.2. The van der Waals surface area contributed by atoms with E-state index in [1.54, 1.807) is 12.1 Å². The van der Waals surface area contributed by atoms with Gasteiger partial charge in [0.15, 0.2) is 5.78 Å². The molecule has 3 rings (SSSR count). The van der Waals surface area contributed by atoms with Gasteiger partial charge in [0.25, 0.3) is 10.0 Å². The zero-order valence-electron chi connectivity index (χ0n) is 17.0. The molecule has 0 atom stereocenters. The van der Waals surface area contributed by atoms with Crippen LogP contribution in [0.5, 0.6) is 5.75 Å². The summed E-state index contributed by atoms with van der Waals surface area (Å²) >= 11 is 0. The van der Waals surface area contributed by atoms with Crippen molar-refractivity contribution in [1.82, 2.24) is 0 Å². The quantitative estimate of drug-likeness (QED) is 0.398. The lowest BCUT2D eigenvalue weighted by Gasteiger charge is -2.32. The number of hydrogen-bond donors (Lipinski definition) is 0. The fourth-order valence-corrected chi connectivity index (χ4v) is 5.09. The molecule has 0 unspecified atom stereocenters. The summed E-state index contributed by atoms with van der Waals surface area (Å²) in [6.45, 7) is 1.71. The second-order valence-electron chi connectivity index (χ2n) is 6.81. The number of anilines is 1. The molecule has 0 fully saturated rings. The molecule has 0 bridgehead atoms. The summed E-state index contributed by atoms with van der Waals surface area (Å²) in [5.74, 6) is -0.343. The Bertz CT molecular complexity index is 1120. The highest BCUT2D eigenvalue weighted by molar-refractivity contribution is 7.92. The third-order valence-electron chi connectivity index (χ3n) is 4.94. The largest absolute Gasteiger partial charge is 0.496 e. The van der Waals surface area contributed by atoms with Crippen molar-refractivity contribution < 1.29 is 27.5 Å². The van der Waals surface area contributed by atoms with E-state index in [9.17, 15) is 18.0 Å². The molecule has 2 aromatic carbocycles. The van der Waals surface area contributed by atoms with Crippen molar-refractivity contribution >= 4 is 33.5 Å². The molecule has 0 radical (unpaired) electrons. The van der Waals surface area contributed by atoms with Crippen LogP contribution < -0.4 is 9.04 Å². The number of rotatable bonds is 6. The first-order valence-corrected chi connectivity index (χ1v) is 10.8. The van der Waals surface area contributed by atoms with E-state index < -0.39 is 16.0 Å². The maximum atomic E-state index is 13.5. The molecule has 0 N–H and O–H groups in total. The van der Waals surface area contributed by atoms with Gasteiger partial charge in [-0.15, -0.1) is 0 Å². The molecule has 2 aromatic rings. The summed E-state index contributed by atoms with van der Waals surface area (Å²) in [5, 5.41) is 0. The smallest absolute Gasteiger partial charge is 0.330 e. The topological polar surface area (TPSA) is 90.0 Å². The van der Waals surface area contributed by atoms with Gasteiger partial charge in [0.05, 0.1) is 24.8 Å². The zero-order chi connectivity index (χ0) is 21.9. The zero-order valence-corrected chi connectivity index (χ0v) is 17.9. The van der Waals surface area contributed by atoms with Crippen molar-refractivity contribution in [3.63, 3.8) is 0 Å². The number of ether oxygens (including phenoxy) is 2. The van der Waals surface area contributed by atoms with Crippen LogP contribution in [0.3, 0.4) is 0 Å². The molecule has 0 amide bonds. The second-order valence-corrected chi connectivity index (χ2v) is 8.67. The van der Waals surface area contributed by atoms with Crippen LogP contribution in [0.2, 0.25) is 0 Å². The van der Waals surface area contributed by atoms with Crippen LogP contribution in [0, 0.1) is 0 Å². The third kappa shape index (κ3) is 4.09. The number of para-hydroxylation sites is 1. The maximum absolute atomic E-state index is 13.5. The van der Waals surface area contributed by atoms with Gasteiger partial charge in [-0.05, 0) is 55.7 Å². The first-order valence-electron chi connectivity index (χ1n) is 9.39. The molecule has 7 nitrogen and oxygen atoms in total. The minimum Gasteiger partial charge on any atom is -0.496 e. The van der Waals surface area contributed by atoms with Crippen LogP contribution in [-0.2, 0) is 26.0 Å². The molecule has 0 aromatic heterocycles. The van der Waals surface area contributed by atoms with Gasteiger partial charge in [-0.3, -0.25) is 9.10 Å². The van der Waals surface area contributed by atoms with Gasteiger partial charge in [0, 0.05) is 23.7 Å². The molecule has 0 saturated heterocycles. The summed E-state index contributed by atoms with van der Waals surface area (Å²) in [6, 6.07) is 9.70. The van der Waals surface area contributed by atoms with Crippen LogP contribution in [0.15, 0.2) is 47.4 Å². The Hall–Kier alpha value is -3.13. The van der Waals surface area contributed by atoms with E-state index in [1.165, 1.54) is 55.8 Å². The van der Waals surface area contributed by atoms with E-state index >= 15 is 0 Å². The number of ketones is 1. The second kappa shape index (κ2) is 8.71. The van der Waals surface area contributed by atoms with Crippen LogP contribution in [0.25, 0.3) is 6.08 Å². The predicted octanol–water partition coefficient (Wildman–Crippen LogP) is 3.23. The van der Waals surface area contributed by atoms with Gasteiger partial charge < -0.3 is 9.47 Å². The monoisotopic (exact) mass is 429 g/mol. The molecule has 0 saturated carbocycles. The lowest BCUT2D eigenvalue weighted by atomic mass is 9.98. The number of nitrogens with zero attached hydrogens (tertiary/aromatic N) is 1. The molecule has 8 heteroatoms. The number of benzene rings is 2. The molecular formula is C22H23NO6S. The summed E-state index contributed by atoms with van der Waals surface area (Å²) in [4.78, 5) is 23.6. The predicted molar refractivity (Wildman–Crippen MR) is 113 cm³/mol. The summed E-state index contributed by atoms with van der Waals surface area (Å²) in [7, 11) is -1.24. The summed E-state index contributed by atoms with van der Waals surface area (Å²) < 4.78 is 38.2. The number of Topliss-reactive ketones (excluding diaryl/α,β-unsaturated/α-hetero) is 1. The van der Waals surface area contributed by atoms with Crippen molar-refractivity contribution in [2.45, 2.75) is 24.7 Å². The normalized spacial score (nSPS) is 13.8. The van der Waals surface area contributed by atoms with Gasteiger partial charge in [0.2, 0.25) is 0 Å². The number of sulfonamides is 1. The Morgan fingerprint density at radius 3 is 2.57 bits per heavy atom. The number of methoxy groups -OCH3 is 2. The van der Waals surface area contributed by atoms with E-state index in [2.05, 4.69) is 4.74 Å². The highest BCUT2D eigenvalue weighted by Gasteiger charge is 2.32. The summed E-state index contributed by atoms with van der Waals surface area (Å²) in [5.41, 5.74) is 2.08. The maximum Gasteiger partial charge on any atom is 0.330 e. The molecule has 30 heavy (non-hydrogen) atoms. The molecule has 158 valence electrons. The Balaban J connectivity index is 2.11. The van der Waals surface area contributed by atoms with Gasteiger partial charge >= 0.3 is 5.97 Å². The van der Waals surface area contributed by atoms with Crippen molar-refractivity contribution in [2.75, 3.05) is 25.1 Å². The Morgan fingerprint density at radius 1 is 1.13 bits per heavy atom. The Morgan fingerprint density at radius 2 is 1.90 bits per heavy atom. The molecule has 0 aliphatic carbocycles. The molecular weight excluding hydrogens is 406 g/mol. The standard InChI is InChI=1S/C22H23NO6S/c1-15(24)19-8-4-6-16-7-5-13-23(22(16)19)30(26,27)18-10-11-20(28-2)17(14-18)9-12-21(25)29-3/h4,6,8-12,14H,5,7,13H2,1-3H3/b12-9+. The molecule has 0 spiro atoms. The number of fused-ring (bicyclic) bond motifs is 1. The van der Waals surface area contributed by atoms with E-state index in [0.717, 1.165) is 5.56 Å². The number of carbonyl (C=O) groups is 2. The van der Waals surface area contributed by atoms with Gasteiger partial charge in [0.1, 0.15) is 5.75 Å². The van der Waals surface area contributed by atoms with Crippen LogP contribution in [-0.4, -0.2) is 40.9 Å². The SMILES string of the molecule is COC(=O)/C=C/c1cc(S(=O)(=O)N2CCCc3cccc(C(C)=O)c32)ccc1OC. The van der Waals surface area contributed by atoms with E-state index in [-0.39, 0.29) is 17.2 Å². The lowest BCUT2D eigenvalue weighted by Crippen LogP contribution is -2.36. The van der Waals surface area contributed by atoms with E-state index in [1.807, 2.05) is 6.07 Å². The number of aryl methyl sites for hydroxylation is 1. The van der Waals surface area contributed by atoms with Crippen molar-refractivity contribution in [2.24, 2.45) is 0 Å². The van der Waals surface area contributed by atoms with Crippen molar-refractivity contribution in [3.8, 4) is 5.75 Å². The van der Waals surface area contributed by atoms with Crippen LogP contribution in [0.4, 0.5) is 5.69 Å². The average molecular weight is 429 g/mol. The number of carbonyl (C=O) groups excluding carboxylic acids is 2. The van der Waals surface area contributed by atoms with E-state index in [0.29, 0.717) is 35.4 Å². The highest BCUT2D eigenvalue weighted by Crippen LogP contribution is 2.36. The summed E-state index contributed by atoms with van der Waals surface area (Å²) in [6.07, 6.45) is 3.99. The minimum atomic E-state index is -3.95.